The molecule has 0 radical (unpaired) electrons. The van der Waals surface area contributed by atoms with Crippen LogP contribution in [-0.2, 0) is 12.0 Å². The molecule has 3 aromatic heterocycles. The minimum absolute atomic E-state index is 0.177. The Morgan fingerprint density at radius 1 is 0.941 bits per heavy atom. The van der Waals surface area contributed by atoms with Crippen LogP contribution >= 0.6 is 0 Å². The molecule has 6 nitrogen and oxygen atoms in total. The van der Waals surface area contributed by atoms with Gasteiger partial charge in [-0.05, 0) is 49.7 Å². The molecule has 0 saturated heterocycles. The van der Waals surface area contributed by atoms with E-state index in [4.69, 9.17) is 4.74 Å². The van der Waals surface area contributed by atoms with Crippen LogP contribution in [0.2, 0.25) is 0 Å². The average Bonchev–Trinajstić information content (AvgIpc) is 2.81. The largest absolute Gasteiger partial charge is 0.488 e. The van der Waals surface area contributed by atoms with Gasteiger partial charge < -0.3 is 4.74 Å². The second-order valence-electron chi connectivity index (χ2n) is 9.25. The quantitative estimate of drug-likeness (QED) is 0.405. The van der Waals surface area contributed by atoms with Crippen molar-refractivity contribution in [1.29, 1.82) is 0 Å². The monoisotopic (exact) mass is 458 g/mol. The summed E-state index contributed by atoms with van der Waals surface area (Å²) in [6.07, 6.45) is 3.40. The van der Waals surface area contributed by atoms with E-state index in [1.165, 1.54) is 12.1 Å². The Balaban J connectivity index is 1.67. The molecule has 0 aliphatic carbocycles. The van der Waals surface area contributed by atoms with Crippen LogP contribution in [-0.4, -0.2) is 19.5 Å². The van der Waals surface area contributed by atoms with E-state index in [0.717, 1.165) is 17.1 Å². The van der Waals surface area contributed by atoms with Gasteiger partial charge in [-0.3, -0.25) is 14.3 Å². The maximum absolute atomic E-state index is 13.3. The van der Waals surface area contributed by atoms with Crippen LogP contribution in [0.25, 0.3) is 17.1 Å². The lowest BCUT2D eigenvalue weighted by Gasteiger charge is -2.17. The van der Waals surface area contributed by atoms with Crippen molar-refractivity contribution in [1.82, 2.24) is 19.5 Å². The zero-order valence-electron chi connectivity index (χ0n) is 20.0. The first-order valence-corrected chi connectivity index (χ1v) is 11.0. The lowest BCUT2D eigenvalue weighted by molar-refractivity contribution is 0.302. The van der Waals surface area contributed by atoms with Crippen molar-refractivity contribution < 1.29 is 9.13 Å². The number of ether oxygens (including phenoxy) is 1. The molecule has 0 unspecified atom stereocenters. The molecule has 0 saturated carbocycles. The van der Waals surface area contributed by atoms with Crippen LogP contribution in [0.4, 0.5) is 4.39 Å². The molecule has 0 fully saturated rings. The fourth-order valence-corrected chi connectivity index (χ4v) is 3.57. The average molecular weight is 459 g/mol. The number of hydrogen-bond acceptors (Lipinski definition) is 5. The van der Waals surface area contributed by atoms with E-state index in [2.05, 4.69) is 35.7 Å². The molecule has 0 aliphatic rings. The number of aromatic nitrogens is 4. The smallest absolute Gasteiger partial charge is 0.261 e. The molecule has 0 spiro atoms. The third-order valence-electron chi connectivity index (χ3n) is 5.48. The van der Waals surface area contributed by atoms with Gasteiger partial charge in [-0.15, -0.1) is 0 Å². The summed E-state index contributed by atoms with van der Waals surface area (Å²) in [6.45, 7) is 10.0. The number of pyridine rings is 2. The Kier molecular flexibility index (Phi) is 6.28. The minimum atomic E-state index is -0.299. The van der Waals surface area contributed by atoms with E-state index in [0.29, 0.717) is 28.4 Å². The van der Waals surface area contributed by atoms with E-state index in [-0.39, 0.29) is 23.4 Å². The van der Waals surface area contributed by atoms with Crippen LogP contribution in [0.15, 0.2) is 65.7 Å². The van der Waals surface area contributed by atoms with E-state index >= 15 is 0 Å². The van der Waals surface area contributed by atoms with Crippen LogP contribution in [0.1, 0.15) is 43.4 Å². The highest BCUT2D eigenvalue weighted by Gasteiger charge is 2.18. The molecular formula is C27H27FN4O2. The third-order valence-corrected chi connectivity index (χ3v) is 5.48. The van der Waals surface area contributed by atoms with Crippen LogP contribution < -0.4 is 10.3 Å². The van der Waals surface area contributed by atoms with Crippen molar-refractivity contribution in [2.45, 2.75) is 46.6 Å². The first-order chi connectivity index (χ1) is 16.1. The van der Waals surface area contributed by atoms with Gasteiger partial charge in [-0.25, -0.2) is 14.4 Å². The number of hydrogen-bond donors (Lipinski definition) is 0. The molecule has 1 aromatic carbocycles. The lowest BCUT2D eigenvalue weighted by atomic mass is 9.95. The molecular weight excluding hydrogens is 431 g/mol. The molecule has 3 heterocycles. The summed E-state index contributed by atoms with van der Waals surface area (Å²) in [5.74, 6) is 0.929. The predicted octanol–water partition coefficient (Wildman–Crippen LogP) is 5.32. The van der Waals surface area contributed by atoms with Gasteiger partial charge in [0.2, 0.25) is 0 Å². The van der Waals surface area contributed by atoms with E-state index in [9.17, 15) is 9.18 Å². The van der Waals surface area contributed by atoms with Gasteiger partial charge in [0.1, 0.15) is 24.0 Å². The summed E-state index contributed by atoms with van der Waals surface area (Å²) in [5.41, 5.74) is 3.71. The van der Waals surface area contributed by atoms with Crippen LogP contribution in [0, 0.1) is 19.7 Å². The van der Waals surface area contributed by atoms with Gasteiger partial charge in [-0.2, -0.15) is 0 Å². The van der Waals surface area contributed by atoms with Crippen molar-refractivity contribution in [2.24, 2.45) is 0 Å². The number of nitrogens with zero attached hydrogens (tertiary/aromatic N) is 4. The van der Waals surface area contributed by atoms with Crippen molar-refractivity contribution in [2.75, 3.05) is 0 Å². The van der Waals surface area contributed by atoms with Gasteiger partial charge >= 0.3 is 0 Å². The van der Waals surface area contributed by atoms with Gasteiger partial charge in [0.15, 0.2) is 0 Å². The van der Waals surface area contributed by atoms with Crippen molar-refractivity contribution in [3.63, 3.8) is 0 Å². The number of rotatable bonds is 5. The van der Waals surface area contributed by atoms with Crippen molar-refractivity contribution in [3.05, 3.63) is 99.7 Å². The lowest BCUT2D eigenvalue weighted by Crippen LogP contribution is -2.23. The van der Waals surface area contributed by atoms with Crippen LogP contribution in [0.5, 0.6) is 5.75 Å². The summed E-state index contributed by atoms with van der Waals surface area (Å²) >= 11 is 0. The van der Waals surface area contributed by atoms with Crippen LogP contribution in [0.3, 0.4) is 0 Å². The maximum Gasteiger partial charge on any atom is 0.261 e. The van der Waals surface area contributed by atoms with Crippen molar-refractivity contribution in [3.8, 4) is 22.8 Å². The first kappa shape index (κ1) is 23.3. The Hall–Kier alpha value is -3.87. The van der Waals surface area contributed by atoms with Gasteiger partial charge in [0.25, 0.3) is 5.56 Å². The second kappa shape index (κ2) is 9.17. The molecule has 4 rings (SSSR count). The Labute approximate surface area is 198 Å². The van der Waals surface area contributed by atoms with E-state index in [1.807, 2.05) is 25.1 Å². The van der Waals surface area contributed by atoms with Gasteiger partial charge in [-0.1, -0.05) is 32.9 Å². The molecule has 0 amide bonds. The Bertz CT molecular complexity index is 1390. The topological polar surface area (TPSA) is 69.9 Å². The fraction of sp³-hybridized carbons (Fsp3) is 0.259. The van der Waals surface area contributed by atoms with Gasteiger partial charge in [0.05, 0.1) is 22.6 Å². The summed E-state index contributed by atoms with van der Waals surface area (Å²) in [5, 5.41) is 0. The molecule has 0 atom stereocenters. The van der Waals surface area contributed by atoms with Gasteiger partial charge in [0, 0.05) is 29.6 Å². The van der Waals surface area contributed by atoms with E-state index < -0.39 is 0 Å². The first-order valence-electron chi connectivity index (χ1n) is 11.0. The minimum Gasteiger partial charge on any atom is -0.488 e. The molecule has 174 valence electrons. The normalized spacial score (nSPS) is 11.5. The number of halogens is 1. The summed E-state index contributed by atoms with van der Waals surface area (Å²) in [4.78, 5) is 26.8. The number of benzene rings is 1. The fourth-order valence-electron chi connectivity index (χ4n) is 3.57. The zero-order valence-corrected chi connectivity index (χ0v) is 20.0. The SMILES string of the molecule is Cc1c(OCc2ccc(F)cc2)cc(C)n(-c2ccnc(-c3ccnc(C(C)(C)C)n3)c2)c1=O. The summed E-state index contributed by atoms with van der Waals surface area (Å²) in [6, 6.07) is 13.4. The second-order valence-corrected chi connectivity index (χ2v) is 9.25. The highest BCUT2D eigenvalue weighted by Crippen LogP contribution is 2.24. The molecule has 34 heavy (non-hydrogen) atoms. The molecule has 0 aliphatic heterocycles. The molecule has 4 aromatic rings. The predicted molar refractivity (Wildman–Crippen MR) is 130 cm³/mol. The Morgan fingerprint density at radius 2 is 1.65 bits per heavy atom. The summed E-state index contributed by atoms with van der Waals surface area (Å²) in [7, 11) is 0. The van der Waals surface area contributed by atoms with Crippen molar-refractivity contribution >= 4 is 0 Å². The Morgan fingerprint density at radius 3 is 2.35 bits per heavy atom. The zero-order chi connectivity index (χ0) is 24.5. The molecule has 0 bridgehead atoms. The number of aryl methyl sites for hydroxylation is 1. The third kappa shape index (κ3) is 4.88. The molecule has 7 heteroatoms. The maximum atomic E-state index is 13.3. The molecule has 0 N–H and O–H groups in total. The standard InChI is InChI=1S/C27H27FN4O2/c1-17-14-24(34-16-19-6-8-20(28)9-7-19)18(2)25(33)32(17)21-10-12-29-23(15-21)22-11-13-30-26(31-22)27(3,4)5/h6-15H,16H2,1-5H3. The highest BCUT2D eigenvalue weighted by atomic mass is 19.1. The van der Waals surface area contributed by atoms with E-state index in [1.54, 1.807) is 42.1 Å². The summed E-state index contributed by atoms with van der Waals surface area (Å²) < 4.78 is 20.7. The highest BCUT2D eigenvalue weighted by molar-refractivity contribution is 5.57.